The average Bonchev–Trinajstić information content (AvgIpc) is 3.45. The van der Waals surface area contributed by atoms with Gasteiger partial charge in [-0.2, -0.15) is 13.2 Å². The first-order valence-electron chi connectivity index (χ1n) is 11.5. The average molecular weight is 527 g/mol. The number of nitrogens with two attached hydrogens (primary N) is 1. The number of hydrogen-bond acceptors (Lipinski definition) is 5. The van der Waals surface area contributed by atoms with Gasteiger partial charge in [-0.25, -0.2) is 9.37 Å². The molecule has 2 heterocycles. The van der Waals surface area contributed by atoms with Crippen LogP contribution >= 0.6 is 11.3 Å². The summed E-state index contributed by atoms with van der Waals surface area (Å²) in [4.78, 5) is 17.2. The zero-order valence-electron chi connectivity index (χ0n) is 19.4. The zero-order chi connectivity index (χ0) is 26.2. The number of anilines is 2. The highest BCUT2D eigenvalue weighted by Crippen LogP contribution is 2.41. The Morgan fingerprint density at radius 1 is 1.08 bits per heavy atom. The van der Waals surface area contributed by atoms with Gasteiger partial charge in [0.05, 0.1) is 22.6 Å². The van der Waals surface area contributed by atoms with Crippen LogP contribution in [0.25, 0.3) is 21.7 Å². The van der Waals surface area contributed by atoms with E-state index in [0.29, 0.717) is 34.9 Å². The van der Waals surface area contributed by atoms with Gasteiger partial charge in [-0.15, -0.1) is 0 Å². The maximum Gasteiger partial charge on any atom is 0.416 e. The molecule has 1 aliphatic heterocycles. The molecule has 37 heavy (non-hydrogen) atoms. The first-order valence-corrected chi connectivity index (χ1v) is 12.3. The van der Waals surface area contributed by atoms with Crippen LogP contribution in [0.1, 0.15) is 16.7 Å². The van der Waals surface area contributed by atoms with Crippen LogP contribution in [0.15, 0.2) is 66.7 Å². The van der Waals surface area contributed by atoms with Gasteiger partial charge < -0.3 is 16.4 Å². The van der Waals surface area contributed by atoms with E-state index in [4.69, 9.17) is 5.73 Å². The van der Waals surface area contributed by atoms with Crippen LogP contribution < -0.4 is 16.4 Å². The van der Waals surface area contributed by atoms with Gasteiger partial charge in [-0.1, -0.05) is 41.7 Å². The fourth-order valence-corrected chi connectivity index (χ4v) is 5.20. The van der Waals surface area contributed by atoms with Gasteiger partial charge in [0.25, 0.3) is 0 Å². The van der Waals surface area contributed by atoms with E-state index < -0.39 is 23.6 Å². The lowest BCUT2D eigenvalue weighted by molar-refractivity contribution is -0.137. The Kier molecular flexibility index (Phi) is 6.70. The summed E-state index contributed by atoms with van der Waals surface area (Å²) in [5.41, 5.74) is 9.49. The molecule has 0 fully saturated rings. The first kappa shape index (κ1) is 24.9. The number of fused-ring (bicyclic) bond motifs is 1. The van der Waals surface area contributed by atoms with Gasteiger partial charge in [0.2, 0.25) is 5.91 Å². The molecule has 0 saturated carbocycles. The molecule has 0 unspecified atom stereocenters. The predicted molar refractivity (Wildman–Crippen MR) is 137 cm³/mol. The molecule has 0 radical (unpaired) electrons. The van der Waals surface area contributed by atoms with Crippen LogP contribution in [-0.4, -0.2) is 23.5 Å². The summed E-state index contributed by atoms with van der Waals surface area (Å²) in [6.45, 7) is 0.313. The van der Waals surface area contributed by atoms with E-state index in [9.17, 15) is 22.4 Å². The molecule has 1 atom stereocenters. The second-order valence-corrected chi connectivity index (χ2v) is 9.81. The number of carbonyl (C=O) groups is 1. The largest absolute Gasteiger partial charge is 0.416 e. The number of nitrogens with one attached hydrogen (secondary N) is 2. The van der Waals surface area contributed by atoms with Crippen molar-refractivity contribution in [2.75, 3.05) is 17.2 Å². The molecular weight excluding hydrogens is 504 g/mol. The highest BCUT2D eigenvalue weighted by Gasteiger charge is 2.30. The normalized spacial score (nSPS) is 13.8. The van der Waals surface area contributed by atoms with E-state index in [1.807, 2.05) is 18.2 Å². The molecule has 0 bridgehead atoms. The van der Waals surface area contributed by atoms with Crippen molar-refractivity contribution in [3.05, 3.63) is 89.2 Å². The smallest absolute Gasteiger partial charge is 0.360 e. The van der Waals surface area contributed by atoms with Crippen LogP contribution in [-0.2, 0) is 23.8 Å². The third-order valence-corrected chi connectivity index (χ3v) is 7.11. The number of nitrogens with zero attached hydrogens (tertiary/aromatic N) is 1. The lowest BCUT2D eigenvalue weighted by Crippen LogP contribution is -2.31. The third kappa shape index (κ3) is 5.50. The zero-order valence-corrected chi connectivity index (χ0v) is 20.2. The van der Waals surface area contributed by atoms with Crippen molar-refractivity contribution in [3.63, 3.8) is 0 Å². The van der Waals surface area contributed by atoms with Crippen molar-refractivity contribution in [2.45, 2.75) is 25.1 Å². The lowest BCUT2D eigenvalue weighted by Gasteiger charge is -2.13. The molecule has 0 saturated heterocycles. The maximum atomic E-state index is 14.7. The summed E-state index contributed by atoms with van der Waals surface area (Å²) in [6.07, 6.45) is -3.73. The fourth-order valence-electron chi connectivity index (χ4n) is 4.22. The number of halogens is 4. The summed E-state index contributed by atoms with van der Waals surface area (Å²) < 4.78 is 53.1. The Morgan fingerprint density at radius 3 is 2.57 bits per heavy atom. The number of carbonyl (C=O) groups excluding carboxylic acids is 1. The molecule has 0 spiro atoms. The molecule has 10 heteroatoms. The van der Waals surface area contributed by atoms with E-state index in [1.165, 1.54) is 29.5 Å². The molecule has 4 aromatic rings. The number of thiazole rings is 1. The number of amides is 1. The summed E-state index contributed by atoms with van der Waals surface area (Å²) in [7, 11) is 0. The van der Waals surface area contributed by atoms with Crippen molar-refractivity contribution >= 4 is 28.1 Å². The van der Waals surface area contributed by atoms with Gasteiger partial charge in [0, 0.05) is 23.8 Å². The second-order valence-electron chi connectivity index (χ2n) is 8.81. The summed E-state index contributed by atoms with van der Waals surface area (Å²) in [6, 6.07) is 16.5. The van der Waals surface area contributed by atoms with Crippen molar-refractivity contribution in [3.8, 4) is 21.7 Å². The Hall–Kier alpha value is -3.76. The number of benzene rings is 3. The van der Waals surface area contributed by atoms with Crippen LogP contribution in [0.4, 0.5) is 28.4 Å². The topological polar surface area (TPSA) is 80.0 Å². The second kappa shape index (κ2) is 9.95. The first-order chi connectivity index (χ1) is 17.7. The number of aromatic nitrogens is 1. The Morgan fingerprint density at radius 2 is 1.84 bits per heavy atom. The third-order valence-electron chi connectivity index (χ3n) is 6.04. The monoisotopic (exact) mass is 526 g/mol. The van der Waals surface area contributed by atoms with Crippen molar-refractivity contribution in [2.24, 2.45) is 5.73 Å². The minimum atomic E-state index is -4.38. The van der Waals surface area contributed by atoms with Gasteiger partial charge in [0.1, 0.15) is 5.82 Å². The molecular formula is C27H22F4N4OS. The van der Waals surface area contributed by atoms with Gasteiger partial charge >= 0.3 is 6.18 Å². The van der Waals surface area contributed by atoms with E-state index in [1.54, 1.807) is 18.2 Å². The van der Waals surface area contributed by atoms with Gasteiger partial charge in [0.15, 0.2) is 5.13 Å². The van der Waals surface area contributed by atoms with E-state index in [-0.39, 0.29) is 12.3 Å². The highest BCUT2D eigenvalue weighted by molar-refractivity contribution is 7.19. The van der Waals surface area contributed by atoms with E-state index in [2.05, 4.69) is 15.6 Å². The Labute approximate surface area is 214 Å². The molecule has 1 aromatic heterocycles. The fraction of sp³-hybridized carbons (Fsp3) is 0.185. The number of alkyl halides is 3. The summed E-state index contributed by atoms with van der Waals surface area (Å²) >= 11 is 1.34. The molecule has 3 aromatic carbocycles. The molecule has 1 aliphatic rings. The minimum absolute atomic E-state index is 0.0739. The highest BCUT2D eigenvalue weighted by atomic mass is 32.1. The molecule has 1 amide bonds. The summed E-state index contributed by atoms with van der Waals surface area (Å²) in [5.74, 6) is -0.479. The summed E-state index contributed by atoms with van der Waals surface area (Å²) in [5, 5.41) is 6.53. The van der Waals surface area contributed by atoms with Crippen molar-refractivity contribution in [1.82, 2.24) is 4.98 Å². The Balaban J connectivity index is 1.36. The molecule has 4 N–H and O–H groups in total. The van der Waals surface area contributed by atoms with E-state index >= 15 is 0 Å². The standard InChI is InChI=1S/C27H22F4N4OS/c28-21-4-2-1-3-20(21)24-25(16-7-10-22-17(12-16)13-23(36)34-22)37-26(35-24)33-14-19(32)11-15-5-8-18(9-6-15)27(29,30)31/h1-10,12,19H,11,13-14,32H2,(H,33,35)(H,34,36)/t19-/m1/s1. The lowest BCUT2D eigenvalue weighted by atomic mass is 10.0. The predicted octanol–water partition coefficient (Wildman–Crippen LogP) is 6.11. The van der Waals surface area contributed by atoms with Crippen LogP contribution in [0.3, 0.4) is 0 Å². The van der Waals surface area contributed by atoms with Crippen LogP contribution in [0, 0.1) is 5.82 Å². The molecule has 0 aliphatic carbocycles. The van der Waals surface area contributed by atoms with E-state index in [0.717, 1.165) is 33.8 Å². The molecule has 190 valence electrons. The van der Waals surface area contributed by atoms with Crippen molar-refractivity contribution < 1.29 is 22.4 Å². The minimum Gasteiger partial charge on any atom is -0.360 e. The number of rotatable bonds is 7. The maximum absolute atomic E-state index is 14.7. The quantitative estimate of drug-likeness (QED) is 0.254. The SMILES string of the molecule is N[C@@H](CNc1nc(-c2ccccc2F)c(-c2ccc3c(c2)CC(=O)N3)s1)Cc1ccc(C(F)(F)F)cc1. The van der Waals surface area contributed by atoms with Crippen LogP contribution in [0.5, 0.6) is 0 Å². The number of hydrogen-bond donors (Lipinski definition) is 3. The van der Waals surface area contributed by atoms with Gasteiger partial charge in [-0.05, 0) is 59.5 Å². The van der Waals surface area contributed by atoms with Gasteiger partial charge in [-0.3, -0.25) is 4.79 Å². The molecule has 5 nitrogen and oxygen atoms in total. The van der Waals surface area contributed by atoms with Crippen molar-refractivity contribution in [1.29, 1.82) is 0 Å². The van der Waals surface area contributed by atoms with Crippen LogP contribution in [0.2, 0.25) is 0 Å². The Bertz CT molecular complexity index is 1450. The molecule has 5 rings (SSSR count).